The predicted octanol–water partition coefficient (Wildman–Crippen LogP) is 3.41. The van der Waals surface area contributed by atoms with E-state index in [0.717, 1.165) is 17.1 Å². The van der Waals surface area contributed by atoms with Crippen molar-refractivity contribution in [2.75, 3.05) is 12.0 Å². The molecule has 2 atom stereocenters. The highest BCUT2D eigenvalue weighted by molar-refractivity contribution is 7.98. The summed E-state index contributed by atoms with van der Waals surface area (Å²) in [6.07, 6.45) is 3.27. The second-order valence-corrected chi connectivity index (χ2v) is 5.79. The molecule has 1 aromatic rings. The van der Waals surface area contributed by atoms with E-state index in [4.69, 9.17) is 5.26 Å². The van der Waals surface area contributed by atoms with E-state index in [-0.39, 0.29) is 0 Å². The fourth-order valence-electron chi connectivity index (χ4n) is 1.57. The van der Waals surface area contributed by atoms with Crippen LogP contribution in [0.15, 0.2) is 12.1 Å². The molecule has 0 aliphatic heterocycles. The first-order valence-corrected chi connectivity index (χ1v) is 7.67. The van der Waals surface area contributed by atoms with Crippen molar-refractivity contribution < 1.29 is 0 Å². The maximum Gasteiger partial charge on any atom is 0.110 e. The molecule has 0 saturated carbocycles. The maximum absolute atomic E-state index is 8.78. The number of hydrogen-bond donors (Lipinski definition) is 1. The number of thioether (sulfide) groups is 1. The molecule has 2 nitrogen and oxygen atoms in total. The molecule has 1 heterocycles. The van der Waals surface area contributed by atoms with E-state index in [1.165, 1.54) is 4.88 Å². The molecule has 0 saturated heterocycles. The molecule has 0 fully saturated rings. The van der Waals surface area contributed by atoms with Gasteiger partial charge in [-0.25, -0.2) is 0 Å². The number of rotatable bonds is 6. The van der Waals surface area contributed by atoms with Crippen molar-refractivity contribution in [1.29, 1.82) is 5.26 Å². The van der Waals surface area contributed by atoms with Crippen LogP contribution in [-0.4, -0.2) is 18.1 Å². The lowest BCUT2D eigenvalue weighted by molar-refractivity contribution is 0.479. The predicted molar refractivity (Wildman–Crippen MR) is 73.0 cm³/mol. The molecule has 0 aliphatic carbocycles. The summed E-state index contributed by atoms with van der Waals surface area (Å²) in [6, 6.07) is 7.02. The van der Waals surface area contributed by atoms with E-state index in [1.807, 2.05) is 23.9 Å². The van der Waals surface area contributed by atoms with Gasteiger partial charge in [0.1, 0.15) is 10.9 Å². The summed E-state index contributed by atoms with van der Waals surface area (Å²) in [5.41, 5.74) is 0. The molecule has 0 amide bonds. The molecular weight excluding hydrogens is 236 g/mol. The van der Waals surface area contributed by atoms with Crippen LogP contribution in [0.5, 0.6) is 0 Å². The molecule has 88 valence electrons. The summed E-state index contributed by atoms with van der Waals surface area (Å²) >= 11 is 3.45. The van der Waals surface area contributed by atoms with E-state index < -0.39 is 0 Å². The SMILES string of the molecule is CCC(CSC)NC(C)c1ccc(C#N)s1. The second-order valence-electron chi connectivity index (χ2n) is 3.76. The van der Waals surface area contributed by atoms with Gasteiger partial charge in [0.05, 0.1) is 0 Å². The van der Waals surface area contributed by atoms with E-state index in [0.29, 0.717) is 12.1 Å². The minimum Gasteiger partial charge on any atom is -0.306 e. The third kappa shape index (κ3) is 3.82. The van der Waals surface area contributed by atoms with Crippen molar-refractivity contribution in [1.82, 2.24) is 5.32 Å². The summed E-state index contributed by atoms with van der Waals surface area (Å²) in [5, 5.41) is 12.4. The van der Waals surface area contributed by atoms with Crippen LogP contribution in [0, 0.1) is 11.3 Å². The quantitative estimate of drug-likeness (QED) is 0.845. The molecule has 1 N–H and O–H groups in total. The highest BCUT2D eigenvalue weighted by Gasteiger charge is 2.13. The van der Waals surface area contributed by atoms with Crippen molar-refractivity contribution in [3.63, 3.8) is 0 Å². The first-order valence-electron chi connectivity index (χ1n) is 5.46. The summed E-state index contributed by atoms with van der Waals surface area (Å²) in [5.74, 6) is 1.14. The number of thiophene rings is 1. The van der Waals surface area contributed by atoms with Crippen molar-refractivity contribution >= 4 is 23.1 Å². The zero-order valence-electron chi connectivity index (χ0n) is 9.99. The van der Waals surface area contributed by atoms with Gasteiger partial charge in [-0.2, -0.15) is 17.0 Å². The van der Waals surface area contributed by atoms with Crippen LogP contribution < -0.4 is 5.32 Å². The van der Waals surface area contributed by atoms with Crippen molar-refractivity contribution in [2.24, 2.45) is 0 Å². The molecule has 2 unspecified atom stereocenters. The highest BCUT2D eigenvalue weighted by Crippen LogP contribution is 2.23. The number of nitrogens with zero attached hydrogens (tertiary/aromatic N) is 1. The average Bonchev–Trinajstić information content (AvgIpc) is 2.76. The summed E-state index contributed by atoms with van der Waals surface area (Å²) in [6.45, 7) is 4.37. The topological polar surface area (TPSA) is 35.8 Å². The molecule has 16 heavy (non-hydrogen) atoms. The normalized spacial score (nSPS) is 14.4. The van der Waals surface area contributed by atoms with E-state index >= 15 is 0 Å². The Labute approximate surface area is 106 Å². The Hall–Kier alpha value is -0.500. The number of nitriles is 1. The van der Waals surface area contributed by atoms with Gasteiger partial charge >= 0.3 is 0 Å². The molecular formula is C12H18N2S2. The van der Waals surface area contributed by atoms with Crippen molar-refractivity contribution in [3.05, 3.63) is 21.9 Å². The molecule has 0 bridgehead atoms. The molecule has 4 heteroatoms. The summed E-state index contributed by atoms with van der Waals surface area (Å²) < 4.78 is 0. The zero-order chi connectivity index (χ0) is 12.0. The Morgan fingerprint density at radius 2 is 2.31 bits per heavy atom. The standard InChI is InChI=1S/C12H18N2S2/c1-4-10(8-15-3)14-9(2)12-6-5-11(7-13)16-12/h5-6,9-10,14H,4,8H2,1-3H3. The van der Waals surface area contributed by atoms with Gasteiger partial charge < -0.3 is 5.32 Å². The number of hydrogen-bond acceptors (Lipinski definition) is 4. The Morgan fingerprint density at radius 1 is 1.56 bits per heavy atom. The van der Waals surface area contributed by atoms with E-state index in [9.17, 15) is 0 Å². The minimum atomic E-state index is 0.337. The van der Waals surface area contributed by atoms with Gasteiger partial charge in [-0.05, 0) is 31.7 Å². The third-order valence-electron chi connectivity index (χ3n) is 2.51. The lowest BCUT2D eigenvalue weighted by Crippen LogP contribution is -2.32. The van der Waals surface area contributed by atoms with Gasteiger partial charge in [0.25, 0.3) is 0 Å². The lowest BCUT2D eigenvalue weighted by Gasteiger charge is -2.20. The summed E-state index contributed by atoms with van der Waals surface area (Å²) in [7, 11) is 0. The van der Waals surface area contributed by atoms with Crippen LogP contribution in [0.4, 0.5) is 0 Å². The van der Waals surface area contributed by atoms with Gasteiger partial charge in [-0.1, -0.05) is 6.92 Å². The zero-order valence-corrected chi connectivity index (χ0v) is 11.6. The van der Waals surface area contributed by atoms with Gasteiger partial charge in [-0.15, -0.1) is 11.3 Å². The van der Waals surface area contributed by atoms with Crippen LogP contribution in [-0.2, 0) is 0 Å². The first kappa shape index (κ1) is 13.6. The average molecular weight is 254 g/mol. The van der Waals surface area contributed by atoms with Crippen LogP contribution >= 0.6 is 23.1 Å². The Kier molecular flexibility index (Phi) is 5.89. The van der Waals surface area contributed by atoms with Crippen LogP contribution in [0.25, 0.3) is 0 Å². The van der Waals surface area contributed by atoms with Gasteiger partial charge in [-0.3, -0.25) is 0 Å². The first-order chi connectivity index (χ1) is 7.71. The lowest BCUT2D eigenvalue weighted by atomic mass is 10.2. The largest absolute Gasteiger partial charge is 0.306 e. The Bertz CT molecular complexity index is 354. The van der Waals surface area contributed by atoms with Gasteiger partial charge in [0, 0.05) is 22.7 Å². The molecule has 1 rings (SSSR count). The summed E-state index contributed by atoms with van der Waals surface area (Å²) in [4.78, 5) is 2.04. The second kappa shape index (κ2) is 6.95. The van der Waals surface area contributed by atoms with Crippen molar-refractivity contribution in [2.45, 2.75) is 32.4 Å². The Balaban J connectivity index is 2.57. The monoisotopic (exact) mass is 254 g/mol. The Morgan fingerprint density at radius 3 is 2.81 bits per heavy atom. The van der Waals surface area contributed by atoms with Crippen LogP contribution in [0.3, 0.4) is 0 Å². The van der Waals surface area contributed by atoms with E-state index in [2.05, 4.69) is 31.5 Å². The molecule has 0 radical (unpaired) electrons. The van der Waals surface area contributed by atoms with Crippen molar-refractivity contribution in [3.8, 4) is 6.07 Å². The van der Waals surface area contributed by atoms with E-state index in [1.54, 1.807) is 11.3 Å². The highest BCUT2D eigenvalue weighted by atomic mass is 32.2. The molecule has 1 aromatic heterocycles. The van der Waals surface area contributed by atoms with Gasteiger partial charge in [0.2, 0.25) is 0 Å². The smallest absolute Gasteiger partial charge is 0.110 e. The third-order valence-corrected chi connectivity index (χ3v) is 4.42. The maximum atomic E-state index is 8.78. The molecule has 0 aliphatic rings. The fraction of sp³-hybridized carbons (Fsp3) is 0.583. The minimum absolute atomic E-state index is 0.337. The number of nitrogens with one attached hydrogen (secondary N) is 1. The fourth-order valence-corrected chi connectivity index (χ4v) is 3.12. The van der Waals surface area contributed by atoms with Crippen LogP contribution in [0.1, 0.15) is 36.1 Å². The molecule has 0 spiro atoms. The van der Waals surface area contributed by atoms with Crippen LogP contribution in [0.2, 0.25) is 0 Å². The van der Waals surface area contributed by atoms with Gasteiger partial charge in [0.15, 0.2) is 0 Å². The molecule has 0 aromatic carbocycles.